The van der Waals surface area contributed by atoms with Gasteiger partial charge in [0.05, 0.1) is 17.5 Å². The van der Waals surface area contributed by atoms with E-state index in [4.69, 9.17) is 17.3 Å². The number of fused-ring (bicyclic) bond motifs is 1. The van der Waals surface area contributed by atoms with Crippen LogP contribution in [-0.2, 0) is 15.6 Å². The maximum atomic E-state index is 11.7. The van der Waals surface area contributed by atoms with Gasteiger partial charge in [-0.25, -0.2) is 8.42 Å². The molecule has 0 spiro atoms. The number of hydrogen-bond acceptors (Lipinski definition) is 3. The molecule has 0 aliphatic heterocycles. The van der Waals surface area contributed by atoms with Gasteiger partial charge in [-0.05, 0) is 48.2 Å². The monoisotopic (exact) mass is 401 g/mol. The van der Waals surface area contributed by atoms with Gasteiger partial charge in [0, 0.05) is 22.7 Å². The van der Waals surface area contributed by atoms with Crippen molar-refractivity contribution in [3.63, 3.8) is 0 Å². The molecule has 0 saturated heterocycles. The lowest BCUT2D eigenvalue weighted by molar-refractivity contribution is 0.465. The second-order valence-electron chi connectivity index (χ2n) is 6.29. The number of sulfonamides is 1. The Kier molecular flexibility index (Phi) is 5.09. The van der Waals surface area contributed by atoms with Gasteiger partial charge in [-0.15, -0.1) is 0 Å². The highest BCUT2D eigenvalue weighted by Crippen LogP contribution is 2.36. The van der Waals surface area contributed by atoms with Crippen LogP contribution >= 0.6 is 11.6 Å². The molecule has 0 aliphatic rings. The van der Waals surface area contributed by atoms with E-state index in [2.05, 4.69) is 16.7 Å². The first-order chi connectivity index (χ1) is 12.8. The fourth-order valence-corrected chi connectivity index (χ4v) is 4.07. The molecule has 0 bridgehead atoms. The molecule has 7 heteroatoms. The molecule has 1 atom stereocenters. The maximum Gasteiger partial charge on any atom is 0.229 e. The molecule has 3 N–H and O–H groups in total. The number of nitrogens with one attached hydrogen (secondary N) is 1. The highest BCUT2D eigenvalue weighted by atomic mass is 35.5. The number of benzene rings is 2. The predicted octanol–water partition coefficient (Wildman–Crippen LogP) is 3.74. The van der Waals surface area contributed by atoms with Gasteiger partial charge < -0.3 is 10.3 Å². The van der Waals surface area contributed by atoms with Crippen LogP contribution in [0.5, 0.6) is 0 Å². The Bertz CT molecular complexity index is 1140. The summed E-state index contributed by atoms with van der Waals surface area (Å²) >= 11 is 6.05. The lowest BCUT2D eigenvalue weighted by Crippen LogP contribution is -2.32. The summed E-state index contributed by atoms with van der Waals surface area (Å²) in [4.78, 5) is 0. The van der Waals surface area contributed by atoms with Crippen LogP contribution in [0, 0.1) is 12.0 Å². The van der Waals surface area contributed by atoms with E-state index in [0.717, 1.165) is 22.7 Å². The average Bonchev–Trinajstić information content (AvgIpc) is 3.05. The van der Waals surface area contributed by atoms with Crippen molar-refractivity contribution in [1.82, 2.24) is 4.57 Å². The number of anilines is 1. The normalized spacial score (nSPS) is 13.6. The number of halogens is 1. The molecule has 1 heterocycles. The molecule has 140 valence electrons. The van der Waals surface area contributed by atoms with E-state index in [1.807, 2.05) is 60.2 Å². The minimum absolute atomic E-state index is 0.524. The minimum Gasteiger partial charge on any atom is -0.359 e. The number of nitrogens with two attached hydrogens (primary N) is 1. The summed E-state index contributed by atoms with van der Waals surface area (Å²) < 4.78 is 28.0. The van der Waals surface area contributed by atoms with Crippen LogP contribution in [-0.4, -0.2) is 19.2 Å². The van der Waals surface area contributed by atoms with Gasteiger partial charge in [0.2, 0.25) is 10.0 Å². The summed E-state index contributed by atoms with van der Waals surface area (Å²) in [5.74, 6) is 3.15. The van der Waals surface area contributed by atoms with E-state index in [1.165, 1.54) is 0 Å². The summed E-state index contributed by atoms with van der Waals surface area (Å²) in [7, 11) is -3.39. The lowest BCUT2D eigenvalue weighted by Gasteiger charge is -2.31. The highest BCUT2D eigenvalue weighted by Gasteiger charge is 2.32. The summed E-state index contributed by atoms with van der Waals surface area (Å²) in [5, 5.41) is 1.43. The molecule has 0 saturated carbocycles. The van der Waals surface area contributed by atoms with Gasteiger partial charge in [0.25, 0.3) is 0 Å². The predicted molar refractivity (Wildman–Crippen MR) is 111 cm³/mol. The molecule has 0 aliphatic carbocycles. The third-order valence-corrected chi connectivity index (χ3v) is 5.39. The van der Waals surface area contributed by atoms with E-state index >= 15 is 0 Å². The molecular formula is C20H20ClN3O2S. The van der Waals surface area contributed by atoms with Gasteiger partial charge >= 0.3 is 0 Å². The zero-order valence-corrected chi connectivity index (χ0v) is 16.6. The van der Waals surface area contributed by atoms with Crippen LogP contribution < -0.4 is 10.5 Å². The zero-order valence-electron chi connectivity index (χ0n) is 15.0. The SMILES string of the molecule is CCC(C#CN)(c1ccc(Cl)cc1)n1ccc2c(NS(C)(=O)=O)cccc21. The molecular weight excluding hydrogens is 382 g/mol. The summed E-state index contributed by atoms with van der Waals surface area (Å²) in [6, 6.07) is 17.4. The van der Waals surface area contributed by atoms with Crippen molar-refractivity contribution in [2.45, 2.75) is 18.9 Å². The fourth-order valence-electron chi connectivity index (χ4n) is 3.37. The van der Waals surface area contributed by atoms with E-state index < -0.39 is 15.6 Å². The molecule has 27 heavy (non-hydrogen) atoms. The van der Waals surface area contributed by atoms with Crippen molar-refractivity contribution in [2.75, 3.05) is 11.0 Å². The van der Waals surface area contributed by atoms with Gasteiger partial charge in [0.1, 0.15) is 5.54 Å². The Morgan fingerprint density at radius 3 is 2.48 bits per heavy atom. The first-order valence-corrected chi connectivity index (χ1v) is 10.6. The molecule has 0 radical (unpaired) electrons. The van der Waals surface area contributed by atoms with E-state index in [-0.39, 0.29) is 0 Å². The molecule has 1 aromatic heterocycles. The topological polar surface area (TPSA) is 77.1 Å². The van der Waals surface area contributed by atoms with E-state index in [0.29, 0.717) is 17.1 Å². The standard InChI is InChI=1S/C20H20ClN3O2S/c1-3-20(12-13-22,15-7-9-16(21)10-8-15)24-14-11-17-18(23-27(2,25)26)5-4-6-19(17)24/h4-11,14,23H,3,22H2,1-2H3. The van der Waals surface area contributed by atoms with Crippen LogP contribution in [0.25, 0.3) is 10.9 Å². The third-order valence-electron chi connectivity index (χ3n) is 4.55. The summed E-state index contributed by atoms with van der Waals surface area (Å²) in [6.07, 6.45) is 3.69. The first-order valence-electron chi connectivity index (χ1n) is 8.38. The van der Waals surface area contributed by atoms with Crippen LogP contribution in [0.3, 0.4) is 0 Å². The molecule has 0 fully saturated rings. The molecule has 5 nitrogen and oxygen atoms in total. The molecule has 3 rings (SSSR count). The zero-order chi connectivity index (χ0) is 19.7. The van der Waals surface area contributed by atoms with Gasteiger partial charge in [-0.1, -0.05) is 36.7 Å². The second kappa shape index (κ2) is 7.18. The van der Waals surface area contributed by atoms with Crippen molar-refractivity contribution in [1.29, 1.82) is 0 Å². The quantitative estimate of drug-likeness (QED) is 0.505. The Morgan fingerprint density at radius 1 is 1.19 bits per heavy atom. The Labute approximate surface area is 164 Å². The molecule has 0 amide bonds. The van der Waals surface area contributed by atoms with E-state index in [9.17, 15) is 8.42 Å². The summed E-state index contributed by atoms with van der Waals surface area (Å²) in [6.45, 7) is 2.03. The molecule has 3 aromatic rings. The average molecular weight is 402 g/mol. The van der Waals surface area contributed by atoms with Crippen LogP contribution in [0.15, 0.2) is 54.7 Å². The van der Waals surface area contributed by atoms with Gasteiger partial charge in [-0.2, -0.15) is 0 Å². The minimum atomic E-state index is -3.39. The van der Waals surface area contributed by atoms with Gasteiger partial charge in [0.15, 0.2) is 0 Å². The van der Waals surface area contributed by atoms with E-state index in [1.54, 1.807) is 6.07 Å². The van der Waals surface area contributed by atoms with Crippen molar-refractivity contribution >= 4 is 38.2 Å². The Balaban J connectivity index is 2.27. The van der Waals surface area contributed by atoms with Gasteiger partial charge in [-0.3, -0.25) is 4.72 Å². The first kappa shape index (κ1) is 19.2. The van der Waals surface area contributed by atoms with Crippen LogP contribution in [0.2, 0.25) is 5.02 Å². The van der Waals surface area contributed by atoms with Crippen molar-refractivity contribution < 1.29 is 8.42 Å². The molecule has 1 unspecified atom stereocenters. The second-order valence-corrected chi connectivity index (χ2v) is 8.47. The largest absolute Gasteiger partial charge is 0.359 e. The summed E-state index contributed by atoms with van der Waals surface area (Å²) in [5.41, 5.74) is 7.25. The highest BCUT2D eigenvalue weighted by molar-refractivity contribution is 7.92. The Morgan fingerprint density at radius 2 is 1.89 bits per heavy atom. The third kappa shape index (κ3) is 3.61. The smallest absolute Gasteiger partial charge is 0.229 e. The van der Waals surface area contributed by atoms with Crippen LogP contribution in [0.1, 0.15) is 18.9 Å². The van der Waals surface area contributed by atoms with Crippen molar-refractivity contribution in [3.8, 4) is 12.0 Å². The number of hydrogen-bond donors (Lipinski definition) is 2. The van der Waals surface area contributed by atoms with Crippen molar-refractivity contribution in [2.24, 2.45) is 5.73 Å². The number of nitrogens with zero attached hydrogens (tertiary/aromatic N) is 1. The number of aromatic nitrogens is 1. The number of rotatable bonds is 5. The van der Waals surface area contributed by atoms with Crippen molar-refractivity contribution in [3.05, 3.63) is 65.3 Å². The van der Waals surface area contributed by atoms with Crippen LogP contribution in [0.4, 0.5) is 5.69 Å². The fraction of sp³-hybridized carbons (Fsp3) is 0.200. The molecule has 2 aromatic carbocycles. The lowest BCUT2D eigenvalue weighted by atomic mass is 9.87. The Hall–Kier alpha value is -2.62. The maximum absolute atomic E-state index is 11.7.